The van der Waals surface area contributed by atoms with Crippen LogP contribution in [0.15, 0.2) is 17.6 Å². The Morgan fingerprint density at radius 3 is 2.90 bits per heavy atom. The molecule has 21 heavy (non-hydrogen) atoms. The molecule has 0 atom stereocenters. The summed E-state index contributed by atoms with van der Waals surface area (Å²) in [6.07, 6.45) is 6.05. The van der Waals surface area contributed by atoms with E-state index in [0.717, 1.165) is 29.1 Å². The van der Waals surface area contributed by atoms with Crippen LogP contribution in [0, 0.1) is 0 Å². The first-order chi connectivity index (χ1) is 10.1. The lowest BCUT2D eigenvalue weighted by atomic mass is 10.0. The minimum atomic E-state index is -0.960. The number of ether oxygens (including phenoxy) is 1. The molecule has 6 heteroatoms. The van der Waals surface area contributed by atoms with Crippen molar-refractivity contribution in [3.05, 3.63) is 28.3 Å². The average Bonchev–Trinajstić information content (AvgIpc) is 3.19. The van der Waals surface area contributed by atoms with Crippen LogP contribution in [-0.2, 0) is 10.3 Å². The molecule has 0 spiro atoms. The first-order valence-corrected chi connectivity index (χ1v) is 8.04. The normalized spacial score (nSPS) is 17.2. The minimum absolute atomic E-state index is 0.180. The van der Waals surface area contributed by atoms with Crippen molar-refractivity contribution < 1.29 is 14.6 Å². The van der Waals surface area contributed by atoms with E-state index in [2.05, 4.69) is 4.98 Å². The minimum Gasteiger partial charge on any atom is -0.477 e. The summed E-state index contributed by atoms with van der Waals surface area (Å²) in [5.41, 5.74) is 1.56. The van der Waals surface area contributed by atoms with Crippen LogP contribution in [0.5, 0.6) is 0 Å². The molecule has 1 fully saturated rings. The molecule has 1 aliphatic carbocycles. The Bertz CT molecular complexity index is 641. The molecule has 2 aromatic rings. The Morgan fingerprint density at radius 1 is 1.52 bits per heavy atom. The third-order valence-electron chi connectivity index (χ3n) is 3.93. The van der Waals surface area contributed by atoms with E-state index in [4.69, 9.17) is 14.8 Å². The molecular weight excluding hydrogens is 288 g/mol. The number of carboxylic acid groups (broad SMARTS) is 1. The molecule has 0 aliphatic heterocycles. The van der Waals surface area contributed by atoms with Gasteiger partial charge in [0, 0.05) is 23.7 Å². The van der Waals surface area contributed by atoms with E-state index in [0.29, 0.717) is 6.61 Å². The van der Waals surface area contributed by atoms with Crippen LogP contribution in [0.3, 0.4) is 0 Å². The number of H-pyrrole nitrogens is 1. The van der Waals surface area contributed by atoms with Crippen molar-refractivity contribution in [1.29, 1.82) is 0 Å². The van der Waals surface area contributed by atoms with Crippen molar-refractivity contribution >= 4 is 17.3 Å². The molecule has 0 saturated heterocycles. The van der Waals surface area contributed by atoms with Gasteiger partial charge in [0.05, 0.1) is 5.69 Å². The van der Waals surface area contributed by atoms with E-state index < -0.39 is 5.97 Å². The van der Waals surface area contributed by atoms with Gasteiger partial charge in [-0.3, -0.25) is 0 Å². The fourth-order valence-corrected chi connectivity index (χ4v) is 3.96. The van der Waals surface area contributed by atoms with Gasteiger partial charge in [0.1, 0.15) is 16.3 Å². The highest BCUT2D eigenvalue weighted by molar-refractivity contribution is 7.10. The summed E-state index contributed by atoms with van der Waals surface area (Å²) in [4.78, 5) is 18.4. The second-order valence-electron chi connectivity index (χ2n) is 5.28. The van der Waals surface area contributed by atoms with E-state index in [-0.39, 0.29) is 11.3 Å². The zero-order valence-corrected chi connectivity index (χ0v) is 12.7. The Balaban J connectivity index is 1.89. The van der Waals surface area contributed by atoms with Gasteiger partial charge in [-0.25, -0.2) is 9.78 Å². The summed E-state index contributed by atoms with van der Waals surface area (Å²) in [7, 11) is 0. The van der Waals surface area contributed by atoms with Gasteiger partial charge in [-0.2, -0.15) is 0 Å². The fraction of sp³-hybridized carbons (Fsp3) is 0.467. The van der Waals surface area contributed by atoms with E-state index >= 15 is 0 Å². The number of hydrogen-bond acceptors (Lipinski definition) is 4. The quantitative estimate of drug-likeness (QED) is 0.884. The summed E-state index contributed by atoms with van der Waals surface area (Å²) in [6.45, 7) is 2.70. The van der Waals surface area contributed by atoms with Crippen LogP contribution in [0.1, 0.15) is 48.1 Å². The molecule has 0 bridgehead atoms. The van der Waals surface area contributed by atoms with Gasteiger partial charge in [-0.15, -0.1) is 11.3 Å². The zero-order valence-electron chi connectivity index (χ0n) is 11.9. The molecule has 0 aromatic carbocycles. The molecule has 2 heterocycles. The van der Waals surface area contributed by atoms with E-state index in [9.17, 15) is 4.79 Å². The Kier molecular flexibility index (Phi) is 3.82. The highest BCUT2D eigenvalue weighted by Crippen LogP contribution is 2.44. The number of carbonyl (C=O) groups is 1. The third-order valence-corrected chi connectivity index (χ3v) is 4.96. The van der Waals surface area contributed by atoms with Crippen LogP contribution < -0.4 is 0 Å². The number of aromatic carboxylic acids is 1. The number of nitrogens with one attached hydrogen (secondary N) is 1. The summed E-state index contributed by atoms with van der Waals surface area (Å²) in [5.74, 6) is -0.960. The molecule has 2 N–H and O–H groups in total. The van der Waals surface area contributed by atoms with Gasteiger partial charge in [0.15, 0.2) is 0 Å². The first-order valence-electron chi connectivity index (χ1n) is 7.17. The lowest BCUT2D eigenvalue weighted by molar-refractivity contribution is -0.0390. The number of thiazole rings is 1. The fourth-order valence-electron chi connectivity index (χ4n) is 2.92. The predicted octanol–water partition coefficient (Wildman–Crippen LogP) is 3.64. The van der Waals surface area contributed by atoms with Crippen molar-refractivity contribution in [2.75, 3.05) is 6.61 Å². The monoisotopic (exact) mass is 306 g/mol. The Hall–Kier alpha value is -1.66. The molecule has 0 unspecified atom stereocenters. The molecule has 0 radical (unpaired) electrons. The number of nitrogens with zero attached hydrogens (tertiary/aromatic N) is 1. The predicted molar refractivity (Wildman–Crippen MR) is 80.6 cm³/mol. The Labute approximate surface area is 127 Å². The van der Waals surface area contributed by atoms with Gasteiger partial charge < -0.3 is 14.8 Å². The number of aromatic amines is 1. The molecule has 3 rings (SSSR count). The van der Waals surface area contributed by atoms with Crippen LogP contribution in [0.2, 0.25) is 0 Å². The SMILES string of the molecule is CCOC1(c2nc(-c3c[nH]c(C(=O)O)c3)cs2)CCCC1. The molecule has 1 saturated carbocycles. The van der Waals surface area contributed by atoms with Crippen molar-refractivity contribution in [2.24, 2.45) is 0 Å². The molecule has 5 nitrogen and oxygen atoms in total. The first kappa shape index (κ1) is 14.3. The van der Waals surface area contributed by atoms with E-state index in [1.807, 2.05) is 12.3 Å². The number of hydrogen-bond donors (Lipinski definition) is 2. The van der Waals surface area contributed by atoms with E-state index in [1.165, 1.54) is 12.8 Å². The second kappa shape index (κ2) is 5.61. The van der Waals surface area contributed by atoms with E-state index in [1.54, 1.807) is 23.6 Å². The molecule has 0 amide bonds. The number of rotatable bonds is 5. The van der Waals surface area contributed by atoms with Gasteiger partial charge in [0.25, 0.3) is 0 Å². The Morgan fingerprint density at radius 2 is 2.29 bits per heavy atom. The van der Waals surface area contributed by atoms with Gasteiger partial charge >= 0.3 is 5.97 Å². The maximum atomic E-state index is 10.9. The van der Waals surface area contributed by atoms with Crippen molar-refractivity contribution in [2.45, 2.75) is 38.2 Å². The van der Waals surface area contributed by atoms with Gasteiger partial charge in [-0.1, -0.05) is 12.8 Å². The second-order valence-corrected chi connectivity index (χ2v) is 6.14. The zero-order chi connectivity index (χ0) is 14.9. The summed E-state index contributed by atoms with van der Waals surface area (Å²) in [6, 6.07) is 1.61. The number of aromatic nitrogens is 2. The largest absolute Gasteiger partial charge is 0.477 e. The smallest absolute Gasteiger partial charge is 0.352 e. The molecule has 112 valence electrons. The molecule has 2 aromatic heterocycles. The van der Waals surface area contributed by atoms with Crippen molar-refractivity contribution in [3.8, 4) is 11.3 Å². The molecular formula is C15H18N2O3S. The third kappa shape index (κ3) is 2.61. The van der Waals surface area contributed by atoms with Crippen molar-refractivity contribution in [1.82, 2.24) is 9.97 Å². The van der Waals surface area contributed by atoms with Gasteiger partial charge in [0.2, 0.25) is 0 Å². The lowest BCUT2D eigenvalue weighted by Gasteiger charge is -2.26. The topological polar surface area (TPSA) is 75.2 Å². The van der Waals surface area contributed by atoms with Crippen LogP contribution in [0.25, 0.3) is 11.3 Å². The summed E-state index contributed by atoms with van der Waals surface area (Å²) in [5, 5.41) is 11.9. The van der Waals surface area contributed by atoms with Gasteiger partial charge in [-0.05, 0) is 25.8 Å². The number of carboxylic acids is 1. The maximum absolute atomic E-state index is 10.9. The van der Waals surface area contributed by atoms with Crippen LogP contribution in [0.4, 0.5) is 0 Å². The summed E-state index contributed by atoms with van der Waals surface area (Å²) < 4.78 is 6.02. The van der Waals surface area contributed by atoms with Crippen LogP contribution in [-0.4, -0.2) is 27.7 Å². The molecule has 1 aliphatic rings. The standard InChI is InChI=1S/C15H18N2O3S/c1-2-20-15(5-3-4-6-15)14-17-12(9-21-14)10-7-11(13(18)19)16-8-10/h7-9,16H,2-6H2,1H3,(H,18,19). The lowest BCUT2D eigenvalue weighted by Crippen LogP contribution is -2.25. The average molecular weight is 306 g/mol. The highest BCUT2D eigenvalue weighted by atomic mass is 32.1. The maximum Gasteiger partial charge on any atom is 0.352 e. The summed E-state index contributed by atoms with van der Waals surface area (Å²) >= 11 is 1.60. The van der Waals surface area contributed by atoms with Crippen molar-refractivity contribution in [3.63, 3.8) is 0 Å². The van der Waals surface area contributed by atoms with Crippen LogP contribution >= 0.6 is 11.3 Å². The highest BCUT2D eigenvalue weighted by Gasteiger charge is 2.39.